The Hall–Kier alpha value is -1.85. The highest BCUT2D eigenvalue weighted by atomic mass is 16.3. The number of para-hydroxylation sites is 1. The number of piperidine rings is 1. The van der Waals surface area contributed by atoms with Gasteiger partial charge in [-0.3, -0.25) is 4.79 Å². The van der Waals surface area contributed by atoms with Gasteiger partial charge in [0.15, 0.2) is 0 Å². The van der Waals surface area contributed by atoms with Gasteiger partial charge >= 0.3 is 0 Å². The van der Waals surface area contributed by atoms with Crippen molar-refractivity contribution in [2.45, 2.75) is 26.0 Å². The van der Waals surface area contributed by atoms with E-state index in [1.54, 1.807) is 0 Å². The van der Waals surface area contributed by atoms with Crippen molar-refractivity contribution in [3.8, 4) is 0 Å². The number of rotatable bonds is 3. The van der Waals surface area contributed by atoms with Crippen LogP contribution < -0.4 is 5.32 Å². The van der Waals surface area contributed by atoms with E-state index in [0.29, 0.717) is 19.5 Å². The van der Waals surface area contributed by atoms with Gasteiger partial charge in [0.25, 0.3) is 0 Å². The molecule has 22 heavy (non-hydrogen) atoms. The molecular formula is C17H22N2O3. The summed E-state index contributed by atoms with van der Waals surface area (Å²) in [6, 6.07) is 7.84. The minimum atomic E-state index is -0.562. The molecule has 1 aromatic carbocycles. The molecule has 1 fully saturated rings. The topological polar surface area (TPSA) is 65.7 Å². The predicted molar refractivity (Wildman–Crippen MR) is 84.4 cm³/mol. The largest absolute Gasteiger partial charge is 0.459 e. The zero-order valence-electron chi connectivity index (χ0n) is 13.0. The van der Waals surface area contributed by atoms with Gasteiger partial charge in [-0.05, 0) is 26.5 Å². The molecule has 2 heterocycles. The van der Waals surface area contributed by atoms with Crippen LogP contribution in [0, 0.1) is 12.8 Å². The van der Waals surface area contributed by atoms with Gasteiger partial charge in [-0.2, -0.15) is 0 Å². The van der Waals surface area contributed by atoms with Crippen molar-refractivity contribution in [3.63, 3.8) is 0 Å². The van der Waals surface area contributed by atoms with Crippen LogP contribution in [0.1, 0.15) is 17.7 Å². The van der Waals surface area contributed by atoms with E-state index in [0.717, 1.165) is 28.8 Å². The van der Waals surface area contributed by atoms with Crippen LogP contribution in [0.3, 0.4) is 0 Å². The molecule has 1 aromatic heterocycles. The summed E-state index contributed by atoms with van der Waals surface area (Å²) >= 11 is 0. The molecule has 2 N–H and O–H groups in total. The zero-order chi connectivity index (χ0) is 15.7. The third kappa shape index (κ3) is 2.87. The van der Waals surface area contributed by atoms with Crippen LogP contribution >= 0.6 is 0 Å². The molecule has 0 radical (unpaired) electrons. The van der Waals surface area contributed by atoms with Gasteiger partial charge in [0, 0.05) is 24.0 Å². The summed E-state index contributed by atoms with van der Waals surface area (Å²) in [5.74, 6) is 0.288. The second-order valence-electron chi connectivity index (χ2n) is 6.09. The number of nitrogens with one attached hydrogen (secondary N) is 1. The fraction of sp³-hybridized carbons (Fsp3) is 0.471. The second kappa shape index (κ2) is 6.10. The Morgan fingerprint density at radius 2 is 2.23 bits per heavy atom. The van der Waals surface area contributed by atoms with E-state index < -0.39 is 6.10 Å². The van der Waals surface area contributed by atoms with Crippen molar-refractivity contribution in [3.05, 3.63) is 35.6 Å². The zero-order valence-corrected chi connectivity index (χ0v) is 13.0. The van der Waals surface area contributed by atoms with Crippen molar-refractivity contribution in [1.29, 1.82) is 0 Å². The first-order chi connectivity index (χ1) is 10.6. The SMILES string of the molecule is Cc1c(CNC(=O)[C@@H]2CN(C)CC[C@@H]2O)oc2ccccc12. The molecule has 1 aliphatic rings. The number of likely N-dealkylation sites (tertiary alicyclic amines) is 1. The van der Waals surface area contributed by atoms with Crippen LogP contribution in [-0.2, 0) is 11.3 Å². The Morgan fingerprint density at radius 1 is 1.45 bits per heavy atom. The molecule has 5 heteroatoms. The van der Waals surface area contributed by atoms with Crippen molar-refractivity contribution in [2.24, 2.45) is 5.92 Å². The maximum absolute atomic E-state index is 12.3. The summed E-state index contributed by atoms with van der Waals surface area (Å²) in [6.45, 7) is 3.77. The number of aliphatic hydroxyl groups excluding tert-OH is 1. The van der Waals surface area contributed by atoms with Gasteiger partial charge in [-0.25, -0.2) is 0 Å². The number of fused-ring (bicyclic) bond motifs is 1. The maximum atomic E-state index is 12.3. The van der Waals surface area contributed by atoms with E-state index in [1.807, 2.05) is 38.2 Å². The molecule has 0 bridgehead atoms. The number of furan rings is 1. The Morgan fingerprint density at radius 3 is 3.00 bits per heavy atom. The maximum Gasteiger partial charge on any atom is 0.227 e. The monoisotopic (exact) mass is 302 g/mol. The van der Waals surface area contributed by atoms with Crippen LogP contribution in [0.5, 0.6) is 0 Å². The Kier molecular flexibility index (Phi) is 4.18. The number of aliphatic hydroxyl groups is 1. The first-order valence-corrected chi connectivity index (χ1v) is 7.67. The van der Waals surface area contributed by atoms with E-state index in [2.05, 4.69) is 10.2 Å². The molecule has 3 rings (SSSR count). The van der Waals surface area contributed by atoms with Crippen LogP contribution in [-0.4, -0.2) is 42.2 Å². The van der Waals surface area contributed by atoms with E-state index in [-0.39, 0.29) is 11.8 Å². The number of carbonyl (C=O) groups excluding carboxylic acids is 1. The molecule has 0 aliphatic carbocycles. The van der Waals surface area contributed by atoms with Crippen LogP contribution in [0.4, 0.5) is 0 Å². The quantitative estimate of drug-likeness (QED) is 0.905. The molecule has 5 nitrogen and oxygen atoms in total. The normalized spacial score (nSPS) is 22.9. The third-order valence-electron chi connectivity index (χ3n) is 4.48. The molecule has 0 saturated carbocycles. The Labute approximate surface area is 129 Å². The first kappa shape index (κ1) is 15.1. The van der Waals surface area contributed by atoms with E-state index in [1.165, 1.54) is 0 Å². The Balaban J connectivity index is 1.68. The number of benzene rings is 1. The lowest BCUT2D eigenvalue weighted by atomic mass is 9.94. The van der Waals surface area contributed by atoms with Crippen LogP contribution in [0.15, 0.2) is 28.7 Å². The lowest BCUT2D eigenvalue weighted by Gasteiger charge is -2.32. The fourth-order valence-corrected chi connectivity index (χ4v) is 3.05. The van der Waals surface area contributed by atoms with Crippen molar-refractivity contribution in [1.82, 2.24) is 10.2 Å². The standard InChI is InChI=1S/C17H22N2O3/c1-11-12-5-3-4-6-15(12)22-16(11)9-18-17(21)13-10-19(2)8-7-14(13)20/h3-6,13-14,20H,7-10H2,1-2H3,(H,18,21)/t13-,14+/m1/s1. The molecule has 0 spiro atoms. The molecule has 1 amide bonds. The number of aryl methyl sites for hydroxylation is 1. The number of nitrogens with zero attached hydrogens (tertiary/aromatic N) is 1. The lowest BCUT2D eigenvalue weighted by Crippen LogP contribution is -2.48. The first-order valence-electron chi connectivity index (χ1n) is 7.67. The number of hydrogen-bond acceptors (Lipinski definition) is 4. The molecule has 2 aromatic rings. The summed E-state index contributed by atoms with van der Waals surface area (Å²) in [7, 11) is 1.97. The molecule has 118 valence electrons. The summed E-state index contributed by atoms with van der Waals surface area (Å²) in [4.78, 5) is 14.4. The summed E-state index contributed by atoms with van der Waals surface area (Å²) in [5, 5.41) is 14.0. The highest BCUT2D eigenvalue weighted by Gasteiger charge is 2.31. The summed E-state index contributed by atoms with van der Waals surface area (Å²) in [5.41, 5.74) is 1.89. The van der Waals surface area contributed by atoms with Gasteiger partial charge in [-0.15, -0.1) is 0 Å². The number of carbonyl (C=O) groups is 1. The van der Waals surface area contributed by atoms with Gasteiger partial charge in [0.05, 0.1) is 18.6 Å². The predicted octanol–water partition coefficient (Wildman–Crippen LogP) is 1.67. The molecular weight excluding hydrogens is 280 g/mol. The van der Waals surface area contributed by atoms with E-state index in [4.69, 9.17) is 4.42 Å². The van der Waals surface area contributed by atoms with Gasteiger partial charge in [0.2, 0.25) is 5.91 Å². The van der Waals surface area contributed by atoms with E-state index in [9.17, 15) is 9.90 Å². The fourth-order valence-electron chi connectivity index (χ4n) is 3.05. The number of amides is 1. The lowest BCUT2D eigenvalue weighted by molar-refractivity contribution is -0.131. The summed E-state index contributed by atoms with van der Waals surface area (Å²) in [6.07, 6.45) is 0.0751. The highest BCUT2D eigenvalue weighted by molar-refractivity contribution is 5.82. The van der Waals surface area contributed by atoms with Gasteiger partial charge < -0.3 is 19.7 Å². The smallest absolute Gasteiger partial charge is 0.227 e. The molecule has 1 saturated heterocycles. The van der Waals surface area contributed by atoms with Crippen molar-refractivity contribution < 1.29 is 14.3 Å². The Bertz CT molecular complexity index is 680. The number of hydrogen-bond donors (Lipinski definition) is 2. The average molecular weight is 302 g/mol. The van der Waals surface area contributed by atoms with Gasteiger partial charge in [0.1, 0.15) is 11.3 Å². The average Bonchev–Trinajstić information content (AvgIpc) is 2.84. The second-order valence-corrected chi connectivity index (χ2v) is 6.09. The van der Waals surface area contributed by atoms with Crippen LogP contribution in [0.2, 0.25) is 0 Å². The minimum absolute atomic E-state index is 0.112. The van der Waals surface area contributed by atoms with Crippen molar-refractivity contribution in [2.75, 3.05) is 20.1 Å². The van der Waals surface area contributed by atoms with Gasteiger partial charge in [-0.1, -0.05) is 18.2 Å². The summed E-state index contributed by atoms with van der Waals surface area (Å²) < 4.78 is 5.80. The molecule has 0 unspecified atom stereocenters. The van der Waals surface area contributed by atoms with E-state index >= 15 is 0 Å². The van der Waals surface area contributed by atoms with Crippen LogP contribution in [0.25, 0.3) is 11.0 Å². The van der Waals surface area contributed by atoms with Crippen molar-refractivity contribution >= 4 is 16.9 Å². The molecule has 1 aliphatic heterocycles. The molecule has 2 atom stereocenters. The minimum Gasteiger partial charge on any atom is -0.459 e. The third-order valence-corrected chi connectivity index (χ3v) is 4.48. The highest BCUT2D eigenvalue weighted by Crippen LogP contribution is 2.25.